The lowest BCUT2D eigenvalue weighted by Crippen LogP contribution is -2.17. The van der Waals surface area contributed by atoms with E-state index in [1.165, 1.54) is 0 Å². The van der Waals surface area contributed by atoms with Crippen LogP contribution in [0.15, 0.2) is 6.07 Å². The number of hydrogen-bond donors (Lipinski definition) is 2. The number of likely N-dealkylation sites (N-methyl/N-ethyl adjacent to an activating group) is 1. The number of aliphatic hydroxyl groups excluding tert-OH is 1. The lowest BCUT2D eigenvalue weighted by atomic mass is 10.0. The summed E-state index contributed by atoms with van der Waals surface area (Å²) in [6, 6.07) is 1.92. The highest BCUT2D eigenvalue weighted by molar-refractivity contribution is 6.33. The maximum absolute atomic E-state index is 9.97. The third-order valence-corrected chi connectivity index (χ3v) is 3.17. The van der Waals surface area contributed by atoms with Crippen molar-refractivity contribution < 1.29 is 9.84 Å². The number of nitrogens with one attached hydrogen (secondary N) is 1. The molecule has 0 heterocycles. The molecule has 1 rings (SSSR count). The Hall–Kier alpha value is -0.770. The Morgan fingerprint density at radius 3 is 2.62 bits per heavy atom. The van der Waals surface area contributed by atoms with E-state index in [-0.39, 0.29) is 0 Å². The minimum atomic E-state index is -0.614. The number of aryl methyl sites for hydroxylation is 1. The first kappa shape index (κ1) is 13.3. The monoisotopic (exact) mass is 243 g/mol. The summed E-state index contributed by atoms with van der Waals surface area (Å²) in [5, 5.41) is 13.5. The first-order valence-electron chi connectivity index (χ1n) is 5.19. The number of methoxy groups -OCH3 is 1. The van der Waals surface area contributed by atoms with Crippen molar-refractivity contribution >= 4 is 11.6 Å². The average Bonchev–Trinajstić information content (AvgIpc) is 2.26. The summed E-state index contributed by atoms with van der Waals surface area (Å²) < 4.78 is 5.26. The van der Waals surface area contributed by atoms with Crippen molar-refractivity contribution in [1.82, 2.24) is 5.32 Å². The molecule has 0 aliphatic carbocycles. The quantitative estimate of drug-likeness (QED) is 0.852. The van der Waals surface area contributed by atoms with Crippen LogP contribution in [0.4, 0.5) is 0 Å². The fraction of sp³-hybridized carbons (Fsp3) is 0.500. The Morgan fingerprint density at radius 2 is 2.12 bits per heavy atom. The zero-order valence-corrected chi connectivity index (χ0v) is 10.9. The molecule has 0 saturated heterocycles. The molecule has 0 radical (unpaired) electrons. The molecule has 0 fully saturated rings. The van der Waals surface area contributed by atoms with Gasteiger partial charge in [-0.05, 0) is 38.1 Å². The summed E-state index contributed by atoms with van der Waals surface area (Å²) in [5.41, 5.74) is 2.76. The highest BCUT2D eigenvalue weighted by atomic mass is 35.5. The van der Waals surface area contributed by atoms with Gasteiger partial charge in [-0.1, -0.05) is 11.6 Å². The van der Waals surface area contributed by atoms with Crippen LogP contribution >= 0.6 is 11.6 Å². The second kappa shape index (κ2) is 5.53. The van der Waals surface area contributed by atoms with Gasteiger partial charge in [0, 0.05) is 12.1 Å². The topological polar surface area (TPSA) is 41.5 Å². The van der Waals surface area contributed by atoms with Gasteiger partial charge in [0.1, 0.15) is 5.75 Å². The number of aliphatic hydroxyl groups is 1. The van der Waals surface area contributed by atoms with Gasteiger partial charge in [0.15, 0.2) is 0 Å². The van der Waals surface area contributed by atoms with Crippen molar-refractivity contribution in [3.8, 4) is 5.75 Å². The fourth-order valence-corrected chi connectivity index (χ4v) is 1.97. The van der Waals surface area contributed by atoms with Gasteiger partial charge in [-0.25, -0.2) is 0 Å². The molecule has 0 saturated carbocycles. The summed E-state index contributed by atoms with van der Waals surface area (Å²) >= 11 is 6.19. The normalized spacial score (nSPS) is 12.6. The minimum absolute atomic E-state index is 0.467. The Bertz CT molecular complexity index is 380. The van der Waals surface area contributed by atoms with Crippen molar-refractivity contribution in [2.45, 2.75) is 20.0 Å². The van der Waals surface area contributed by atoms with Gasteiger partial charge in [-0.3, -0.25) is 0 Å². The van der Waals surface area contributed by atoms with Crippen LogP contribution in [0.1, 0.15) is 22.8 Å². The molecule has 16 heavy (non-hydrogen) atoms. The molecular formula is C12H18ClNO2. The largest absolute Gasteiger partial charge is 0.495 e. The van der Waals surface area contributed by atoms with E-state index in [1.54, 1.807) is 14.2 Å². The smallest absolute Gasteiger partial charge is 0.143 e. The molecule has 1 aromatic rings. The molecule has 1 atom stereocenters. The Labute approximate surface area is 101 Å². The van der Waals surface area contributed by atoms with Crippen molar-refractivity contribution in [2.24, 2.45) is 0 Å². The van der Waals surface area contributed by atoms with Crippen LogP contribution in [0.5, 0.6) is 5.75 Å². The number of benzene rings is 1. The first-order chi connectivity index (χ1) is 7.52. The molecule has 0 amide bonds. The number of halogens is 1. The molecule has 3 nitrogen and oxygen atoms in total. The van der Waals surface area contributed by atoms with Gasteiger partial charge in [-0.15, -0.1) is 0 Å². The lowest BCUT2D eigenvalue weighted by molar-refractivity contribution is 0.173. The van der Waals surface area contributed by atoms with Gasteiger partial charge in [0.2, 0.25) is 0 Å². The molecule has 0 aliphatic heterocycles. The molecule has 0 aliphatic rings. The zero-order valence-electron chi connectivity index (χ0n) is 10.1. The van der Waals surface area contributed by atoms with E-state index < -0.39 is 6.10 Å². The molecular weight excluding hydrogens is 226 g/mol. The van der Waals surface area contributed by atoms with Crippen LogP contribution in [-0.4, -0.2) is 25.8 Å². The van der Waals surface area contributed by atoms with E-state index >= 15 is 0 Å². The van der Waals surface area contributed by atoms with Gasteiger partial charge in [-0.2, -0.15) is 0 Å². The Balaban J connectivity index is 3.27. The van der Waals surface area contributed by atoms with Crippen LogP contribution in [0.2, 0.25) is 5.02 Å². The van der Waals surface area contributed by atoms with Crippen LogP contribution < -0.4 is 10.1 Å². The van der Waals surface area contributed by atoms with Gasteiger partial charge in [0.25, 0.3) is 0 Å². The van der Waals surface area contributed by atoms with E-state index in [2.05, 4.69) is 5.32 Å². The SMILES string of the molecule is CNCC(O)c1cc(C)c(C)c(Cl)c1OC. The van der Waals surface area contributed by atoms with Gasteiger partial charge >= 0.3 is 0 Å². The predicted molar refractivity (Wildman–Crippen MR) is 66.4 cm³/mol. The molecule has 0 spiro atoms. The second-order valence-electron chi connectivity index (χ2n) is 3.83. The van der Waals surface area contributed by atoms with Crippen molar-refractivity contribution in [3.63, 3.8) is 0 Å². The molecule has 0 bridgehead atoms. The minimum Gasteiger partial charge on any atom is -0.495 e. The van der Waals surface area contributed by atoms with Crippen LogP contribution in [-0.2, 0) is 0 Å². The summed E-state index contributed by atoms with van der Waals surface area (Å²) in [5.74, 6) is 0.563. The lowest BCUT2D eigenvalue weighted by Gasteiger charge is -2.18. The van der Waals surface area contributed by atoms with E-state index in [0.29, 0.717) is 17.3 Å². The third kappa shape index (κ3) is 2.48. The number of hydrogen-bond acceptors (Lipinski definition) is 3. The van der Waals surface area contributed by atoms with Crippen molar-refractivity contribution in [3.05, 3.63) is 27.8 Å². The van der Waals surface area contributed by atoms with Crippen LogP contribution in [0.25, 0.3) is 0 Å². The molecule has 1 aromatic carbocycles. The maximum Gasteiger partial charge on any atom is 0.143 e. The van der Waals surface area contributed by atoms with Crippen LogP contribution in [0, 0.1) is 13.8 Å². The molecule has 1 unspecified atom stereocenters. The van der Waals surface area contributed by atoms with Crippen molar-refractivity contribution in [1.29, 1.82) is 0 Å². The number of rotatable bonds is 4. The average molecular weight is 244 g/mol. The fourth-order valence-electron chi connectivity index (χ4n) is 1.64. The standard InChI is InChI=1S/C12H18ClNO2/c1-7-5-9(10(15)6-14-3)12(16-4)11(13)8(7)2/h5,10,14-15H,6H2,1-4H3. The maximum atomic E-state index is 9.97. The van der Waals surface area contributed by atoms with E-state index in [4.69, 9.17) is 16.3 Å². The highest BCUT2D eigenvalue weighted by Gasteiger charge is 2.18. The van der Waals surface area contributed by atoms with Gasteiger partial charge < -0.3 is 15.2 Å². The molecule has 2 N–H and O–H groups in total. The van der Waals surface area contributed by atoms with Crippen molar-refractivity contribution in [2.75, 3.05) is 20.7 Å². The molecule has 4 heteroatoms. The van der Waals surface area contributed by atoms with Crippen LogP contribution in [0.3, 0.4) is 0 Å². The first-order valence-corrected chi connectivity index (χ1v) is 5.57. The molecule has 0 aromatic heterocycles. The Morgan fingerprint density at radius 1 is 1.50 bits per heavy atom. The predicted octanol–water partition coefficient (Wildman–Crippen LogP) is 2.22. The zero-order chi connectivity index (χ0) is 12.3. The highest BCUT2D eigenvalue weighted by Crippen LogP contribution is 2.36. The summed E-state index contributed by atoms with van der Waals surface area (Å²) in [6.07, 6.45) is -0.614. The Kier molecular flexibility index (Phi) is 4.59. The van der Waals surface area contributed by atoms with Gasteiger partial charge in [0.05, 0.1) is 18.2 Å². The summed E-state index contributed by atoms with van der Waals surface area (Å²) in [4.78, 5) is 0. The summed E-state index contributed by atoms with van der Waals surface area (Å²) in [7, 11) is 3.35. The van der Waals surface area contributed by atoms with E-state index in [1.807, 2.05) is 19.9 Å². The summed E-state index contributed by atoms with van der Waals surface area (Å²) in [6.45, 7) is 4.37. The third-order valence-electron chi connectivity index (χ3n) is 2.71. The number of ether oxygens (including phenoxy) is 1. The van der Waals surface area contributed by atoms with E-state index in [9.17, 15) is 5.11 Å². The second-order valence-corrected chi connectivity index (χ2v) is 4.21. The molecule has 90 valence electrons. The van der Waals surface area contributed by atoms with E-state index in [0.717, 1.165) is 16.7 Å².